The summed E-state index contributed by atoms with van der Waals surface area (Å²) >= 11 is 37.1. The van der Waals surface area contributed by atoms with Crippen molar-refractivity contribution in [3.8, 4) is 0 Å². The third-order valence-electron chi connectivity index (χ3n) is 0.566. The molecule has 0 fully saturated rings. The van der Waals surface area contributed by atoms with Crippen LogP contribution in [0.15, 0.2) is 4.99 Å². The highest BCUT2D eigenvalue weighted by atomic mass is 35.6. The lowest BCUT2D eigenvalue weighted by molar-refractivity contribution is 0.855. The van der Waals surface area contributed by atoms with Gasteiger partial charge in [-0.2, -0.15) is 0 Å². The van der Waals surface area contributed by atoms with E-state index in [2.05, 4.69) is 4.99 Å². The highest BCUT2D eigenvalue weighted by Gasteiger charge is 2.46. The maximum absolute atomic E-state index is 5.42. The van der Waals surface area contributed by atoms with E-state index in [0.29, 0.717) is 0 Å². The van der Waals surface area contributed by atoms with Crippen LogP contribution in [0.25, 0.3) is 0 Å². The number of rotatable bonds is 1. The summed E-state index contributed by atoms with van der Waals surface area (Å²) in [4.78, 5) is 3.26. The van der Waals surface area contributed by atoms with Gasteiger partial charge in [0.1, 0.15) is 0 Å². The van der Waals surface area contributed by atoms with Gasteiger partial charge in [0.25, 0.3) is 4.46 Å². The van der Waals surface area contributed by atoms with E-state index in [-0.39, 0.29) is 0 Å². The summed E-state index contributed by atoms with van der Waals surface area (Å²) < 4.78 is -4.37. The van der Waals surface area contributed by atoms with Crippen LogP contribution in [0.1, 0.15) is 0 Å². The molecule has 0 amide bonds. The van der Waals surface area contributed by atoms with Crippen LogP contribution in [0, 0.1) is 0 Å². The minimum Gasteiger partial charge on any atom is -0.219 e. The molecule has 0 bridgehead atoms. The minimum atomic E-state index is -1.98. The van der Waals surface area contributed by atoms with Gasteiger partial charge in [-0.05, 0) is 23.2 Å². The van der Waals surface area contributed by atoms with E-state index in [1.54, 1.807) is 0 Å². The summed E-state index contributed by atoms with van der Waals surface area (Å²) in [7, 11) is 0. The average molecular weight is 298 g/mol. The second kappa shape index (κ2) is 4.28. The lowest BCUT2D eigenvalue weighted by Crippen LogP contribution is -2.28. The first-order chi connectivity index (χ1) is 4.67. The van der Waals surface area contributed by atoms with E-state index in [0.717, 1.165) is 0 Å². The van der Waals surface area contributed by atoms with E-state index in [1.165, 1.54) is 0 Å². The van der Waals surface area contributed by atoms with E-state index in [1.807, 2.05) is 0 Å². The van der Waals surface area contributed by atoms with Crippen LogP contribution in [-0.2, 0) is 0 Å². The minimum absolute atomic E-state index is 0.415. The van der Waals surface area contributed by atoms with Crippen LogP contribution in [0.4, 0.5) is 0 Å². The maximum atomic E-state index is 5.42. The molecule has 0 saturated heterocycles. The summed E-state index contributed by atoms with van der Waals surface area (Å²) in [6, 6.07) is 0. The molecule has 0 radical (unpaired) electrons. The normalized spacial score (nSPS) is 13.0. The molecule has 0 rings (SSSR count). The molecule has 0 aromatic carbocycles. The van der Waals surface area contributed by atoms with E-state index >= 15 is 0 Å². The first-order valence-corrected chi connectivity index (χ1v) is 4.67. The molecule has 0 heterocycles. The van der Waals surface area contributed by atoms with Gasteiger partial charge < -0.3 is 0 Å². The van der Waals surface area contributed by atoms with Crippen LogP contribution in [0.2, 0.25) is 0 Å². The Bertz CT molecular complexity index is 163. The van der Waals surface area contributed by atoms with Crippen LogP contribution >= 0.6 is 81.2 Å². The Balaban J connectivity index is 4.61. The van der Waals surface area contributed by atoms with Gasteiger partial charge in [-0.25, -0.2) is 4.99 Å². The standard InChI is InChI=1S/C3Cl7N/c4-1(5)11-3(9,10)2(6,7)8. The molecule has 0 aliphatic carbocycles. The zero-order valence-electron chi connectivity index (χ0n) is 4.59. The van der Waals surface area contributed by atoms with Crippen molar-refractivity contribution in [2.24, 2.45) is 4.99 Å². The smallest absolute Gasteiger partial charge is 0.219 e. The topological polar surface area (TPSA) is 12.4 Å². The molecule has 0 atom stereocenters. The number of hydrogen-bond donors (Lipinski definition) is 0. The molecular weight excluding hydrogens is 298 g/mol. The molecule has 0 aliphatic rings. The molecule has 8 heteroatoms. The first-order valence-electron chi connectivity index (χ1n) is 2.02. The summed E-state index contributed by atoms with van der Waals surface area (Å²) in [6.45, 7) is 0. The maximum Gasteiger partial charge on any atom is 0.256 e. The summed E-state index contributed by atoms with van der Waals surface area (Å²) in [5.74, 6) is 0. The molecule has 0 aromatic rings. The van der Waals surface area contributed by atoms with Gasteiger partial charge in [0.2, 0.25) is 3.79 Å². The Morgan fingerprint density at radius 1 is 0.909 bits per heavy atom. The summed E-state index contributed by atoms with van der Waals surface area (Å²) in [6.07, 6.45) is 0. The van der Waals surface area contributed by atoms with Gasteiger partial charge in [0.05, 0.1) is 0 Å². The van der Waals surface area contributed by atoms with Crippen molar-refractivity contribution in [1.82, 2.24) is 0 Å². The van der Waals surface area contributed by atoms with Crippen molar-refractivity contribution < 1.29 is 0 Å². The quantitative estimate of drug-likeness (QED) is 0.388. The molecule has 0 saturated carbocycles. The van der Waals surface area contributed by atoms with E-state index in [4.69, 9.17) is 81.2 Å². The van der Waals surface area contributed by atoms with Gasteiger partial charge in [-0.15, -0.1) is 0 Å². The Morgan fingerprint density at radius 3 is 1.36 bits per heavy atom. The summed E-state index contributed by atoms with van der Waals surface area (Å²) in [5.41, 5.74) is 0. The van der Waals surface area contributed by atoms with Crippen molar-refractivity contribution in [3.63, 3.8) is 0 Å². The fourth-order valence-electron chi connectivity index (χ4n) is 0.170. The Hall–Kier alpha value is 1.70. The SMILES string of the molecule is ClC(Cl)=NC(Cl)(Cl)C(Cl)(Cl)Cl. The number of halogens is 7. The van der Waals surface area contributed by atoms with Gasteiger partial charge >= 0.3 is 0 Å². The number of alkyl halides is 5. The highest BCUT2D eigenvalue weighted by Crippen LogP contribution is 2.47. The monoisotopic (exact) mass is 295 g/mol. The van der Waals surface area contributed by atoms with Crippen molar-refractivity contribution in [1.29, 1.82) is 0 Å². The first kappa shape index (κ1) is 12.7. The lowest BCUT2D eigenvalue weighted by atomic mass is 10.7. The molecule has 0 N–H and O–H groups in total. The highest BCUT2D eigenvalue weighted by molar-refractivity contribution is 6.95. The van der Waals surface area contributed by atoms with Crippen LogP contribution < -0.4 is 0 Å². The van der Waals surface area contributed by atoms with Crippen LogP contribution in [0.3, 0.4) is 0 Å². The Morgan fingerprint density at radius 2 is 1.27 bits per heavy atom. The van der Waals surface area contributed by atoms with Crippen molar-refractivity contribution in [2.75, 3.05) is 0 Å². The lowest BCUT2D eigenvalue weighted by Gasteiger charge is -2.22. The predicted molar refractivity (Wildman–Crippen MR) is 53.9 cm³/mol. The predicted octanol–water partition coefficient (Wildman–Crippen LogP) is 4.32. The molecule has 0 aromatic heterocycles. The molecule has 11 heavy (non-hydrogen) atoms. The van der Waals surface area contributed by atoms with Crippen LogP contribution in [-0.4, -0.2) is 12.9 Å². The van der Waals surface area contributed by atoms with Crippen molar-refractivity contribution >= 4 is 85.8 Å². The van der Waals surface area contributed by atoms with Gasteiger partial charge in [-0.1, -0.05) is 58.0 Å². The third-order valence-corrected chi connectivity index (χ3v) is 2.87. The molecule has 0 unspecified atom stereocenters. The third kappa shape index (κ3) is 4.47. The number of aliphatic imine (C=N–C) groups is 1. The van der Waals surface area contributed by atoms with Crippen molar-refractivity contribution in [2.45, 2.75) is 8.25 Å². The molecule has 1 nitrogen and oxygen atoms in total. The molecular formula is C3Cl7N. The average Bonchev–Trinajstić information content (AvgIpc) is 1.56. The van der Waals surface area contributed by atoms with E-state index in [9.17, 15) is 0 Å². The van der Waals surface area contributed by atoms with Crippen LogP contribution in [0.5, 0.6) is 0 Å². The van der Waals surface area contributed by atoms with Gasteiger partial charge in [0, 0.05) is 0 Å². The zero-order chi connectivity index (χ0) is 9.28. The van der Waals surface area contributed by atoms with E-state index < -0.39 is 12.9 Å². The fourth-order valence-corrected chi connectivity index (χ4v) is 0.892. The number of nitrogens with zero attached hydrogens (tertiary/aromatic N) is 1. The fraction of sp³-hybridized carbons (Fsp3) is 0.667. The zero-order valence-corrected chi connectivity index (χ0v) is 9.88. The van der Waals surface area contributed by atoms with Crippen molar-refractivity contribution in [3.05, 3.63) is 0 Å². The van der Waals surface area contributed by atoms with Gasteiger partial charge in [0.15, 0.2) is 4.63 Å². The second-order valence-corrected chi connectivity index (χ2v) is 5.87. The summed E-state index contributed by atoms with van der Waals surface area (Å²) in [5, 5.41) is 0. The largest absolute Gasteiger partial charge is 0.256 e. The molecule has 0 aliphatic heterocycles. The molecule has 66 valence electrons. The Labute approximate surface area is 98.5 Å². The molecule has 0 spiro atoms. The second-order valence-electron chi connectivity index (χ2n) is 1.39. The van der Waals surface area contributed by atoms with Gasteiger partial charge in [-0.3, -0.25) is 0 Å². The Kier molecular flexibility index (Phi) is 4.94. The number of hydrogen-bond acceptors (Lipinski definition) is 1.